The van der Waals surface area contributed by atoms with Gasteiger partial charge in [0.15, 0.2) is 29.4 Å². The average Bonchev–Trinajstić information content (AvgIpc) is 3.24. The summed E-state index contributed by atoms with van der Waals surface area (Å²) in [5, 5.41) is 7.58. The van der Waals surface area contributed by atoms with Crippen LogP contribution in [0.5, 0.6) is 17.2 Å². The predicted octanol–water partition coefficient (Wildman–Crippen LogP) is 5.58. The summed E-state index contributed by atoms with van der Waals surface area (Å²) >= 11 is 5.88. The molecule has 34 heavy (non-hydrogen) atoms. The molecule has 1 aromatic heterocycles. The smallest absolute Gasteiger partial charge is 0.416 e. The summed E-state index contributed by atoms with van der Waals surface area (Å²) in [6, 6.07) is 12.2. The van der Waals surface area contributed by atoms with E-state index < -0.39 is 34.3 Å². The maximum atomic E-state index is 14.4. The third-order valence-electron chi connectivity index (χ3n) is 4.64. The van der Waals surface area contributed by atoms with E-state index in [-0.39, 0.29) is 17.9 Å². The van der Waals surface area contributed by atoms with Crippen LogP contribution in [0.15, 0.2) is 54.6 Å². The maximum Gasteiger partial charge on any atom is 0.416 e. The predicted molar refractivity (Wildman–Crippen MR) is 113 cm³/mol. The Hall–Kier alpha value is -3.86. The number of nitrogens with zero attached hydrogens (tertiary/aromatic N) is 3. The number of alkyl halides is 3. The van der Waals surface area contributed by atoms with Gasteiger partial charge in [-0.3, -0.25) is 0 Å². The number of methoxy groups -OCH3 is 1. The van der Waals surface area contributed by atoms with Crippen LogP contribution in [-0.2, 0) is 15.7 Å². The van der Waals surface area contributed by atoms with Crippen LogP contribution in [0.25, 0.3) is 16.7 Å². The molecule has 0 aliphatic carbocycles. The highest BCUT2D eigenvalue weighted by atomic mass is 35.5. The lowest BCUT2D eigenvalue weighted by Gasteiger charge is -2.13. The Balaban J connectivity index is 1.72. The summed E-state index contributed by atoms with van der Waals surface area (Å²) in [7, 11) is 1.23. The van der Waals surface area contributed by atoms with Crippen LogP contribution >= 0.6 is 11.6 Å². The highest BCUT2D eigenvalue weighted by molar-refractivity contribution is 6.32. The molecule has 0 fully saturated rings. The van der Waals surface area contributed by atoms with Gasteiger partial charge in [0.25, 0.3) is 0 Å². The van der Waals surface area contributed by atoms with Gasteiger partial charge in [0.2, 0.25) is 0 Å². The summed E-state index contributed by atoms with van der Waals surface area (Å²) in [6.07, 6.45) is -4.77. The highest BCUT2D eigenvalue weighted by Crippen LogP contribution is 2.40. The van der Waals surface area contributed by atoms with Crippen LogP contribution in [0.4, 0.5) is 17.6 Å². The molecule has 0 bridgehead atoms. The third kappa shape index (κ3) is 4.60. The second kappa shape index (κ2) is 9.18. The van der Waals surface area contributed by atoms with Crippen LogP contribution in [0.1, 0.15) is 5.56 Å². The van der Waals surface area contributed by atoms with E-state index in [1.165, 1.54) is 17.9 Å². The summed E-state index contributed by atoms with van der Waals surface area (Å²) in [5.74, 6) is -2.13. The molecular weight excluding hydrogens is 482 g/mol. The number of ether oxygens (including phenoxy) is 3. The largest absolute Gasteiger partial charge is 0.480 e. The molecule has 3 aromatic carbocycles. The van der Waals surface area contributed by atoms with Crippen molar-refractivity contribution >= 4 is 28.6 Å². The van der Waals surface area contributed by atoms with Crippen molar-refractivity contribution in [3.63, 3.8) is 0 Å². The van der Waals surface area contributed by atoms with Crippen LogP contribution in [0, 0.1) is 5.82 Å². The second-order valence-corrected chi connectivity index (χ2v) is 7.23. The summed E-state index contributed by atoms with van der Waals surface area (Å²) < 4.78 is 70.1. The van der Waals surface area contributed by atoms with E-state index in [0.29, 0.717) is 29.1 Å². The van der Waals surface area contributed by atoms with Gasteiger partial charge >= 0.3 is 12.1 Å². The van der Waals surface area contributed by atoms with Gasteiger partial charge in [-0.1, -0.05) is 35.0 Å². The van der Waals surface area contributed by atoms with E-state index in [9.17, 15) is 22.4 Å². The van der Waals surface area contributed by atoms with Crippen LogP contribution in [0.3, 0.4) is 0 Å². The van der Waals surface area contributed by atoms with Gasteiger partial charge in [-0.25, -0.2) is 13.9 Å². The standard InChI is InChI=1S/C22H14ClF4N3O4/c1-32-19(31)11-33-17-7-3-2-5-15(17)30-16-6-4-8-18(20(16)28-29-30)34-21-13(23)9-12(10-14(21)24)22(25,26)27/h2-10H,11H2,1H3. The quantitative estimate of drug-likeness (QED) is 0.257. The van der Waals surface area contributed by atoms with Crippen molar-refractivity contribution in [3.05, 3.63) is 71.0 Å². The molecule has 176 valence electrons. The Labute approximate surface area is 194 Å². The SMILES string of the molecule is COC(=O)COc1ccccc1-n1nnc2c(Oc3c(F)cc(C(F)(F)F)cc3Cl)cccc21. The number of benzene rings is 3. The summed E-state index contributed by atoms with van der Waals surface area (Å²) in [4.78, 5) is 11.4. The number of fused-ring (bicyclic) bond motifs is 1. The van der Waals surface area contributed by atoms with Crippen LogP contribution in [-0.4, -0.2) is 34.7 Å². The van der Waals surface area contributed by atoms with Gasteiger partial charge in [0.05, 0.1) is 23.2 Å². The number of para-hydroxylation sites is 2. The van der Waals surface area contributed by atoms with E-state index >= 15 is 0 Å². The zero-order valence-electron chi connectivity index (χ0n) is 17.3. The minimum absolute atomic E-state index is 0.0114. The Bertz CT molecular complexity index is 1350. The zero-order chi connectivity index (χ0) is 24.5. The summed E-state index contributed by atoms with van der Waals surface area (Å²) in [5.41, 5.74) is -0.212. The molecule has 0 aliphatic rings. The molecule has 0 saturated heterocycles. The number of esters is 1. The number of hydrogen-bond acceptors (Lipinski definition) is 6. The van der Waals surface area contributed by atoms with Crippen molar-refractivity contribution in [3.8, 4) is 22.9 Å². The van der Waals surface area contributed by atoms with E-state index in [1.807, 2.05) is 0 Å². The van der Waals surface area contributed by atoms with Gasteiger partial charge in [-0.15, -0.1) is 5.10 Å². The number of aromatic nitrogens is 3. The topological polar surface area (TPSA) is 75.5 Å². The summed E-state index contributed by atoms with van der Waals surface area (Å²) in [6.45, 7) is -0.333. The molecule has 1 heterocycles. The number of rotatable bonds is 6. The first-order chi connectivity index (χ1) is 16.2. The fraction of sp³-hybridized carbons (Fsp3) is 0.136. The number of halogens is 5. The Kier molecular flexibility index (Phi) is 6.29. The van der Waals surface area contributed by atoms with Gasteiger partial charge in [0.1, 0.15) is 11.4 Å². The number of carbonyl (C=O) groups is 1. The fourth-order valence-electron chi connectivity index (χ4n) is 3.06. The van der Waals surface area contributed by atoms with Gasteiger partial charge < -0.3 is 14.2 Å². The van der Waals surface area contributed by atoms with Crippen molar-refractivity contribution in [1.82, 2.24) is 15.0 Å². The zero-order valence-corrected chi connectivity index (χ0v) is 18.0. The Morgan fingerprint density at radius 3 is 2.53 bits per heavy atom. The molecule has 0 saturated carbocycles. The Morgan fingerprint density at radius 2 is 1.82 bits per heavy atom. The number of carbonyl (C=O) groups excluding carboxylic acids is 1. The van der Waals surface area contributed by atoms with Crippen molar-refractivity contribution in [2.75, 3.05) is 13.7 Å². The van der Waals surface area contributed by atoms with Gasteiger partial charge in [-0.05, 0) is 36.4 Å². The minimum atomic E-state index is -4.77. The normalized spacial score (nSPS) is 11.5. The Morgan fingerprint density at radius 1 is 1.09 bits per heavy atom. The lowest BCUT2D eigenvalue weighted by Crippen LogP contribution is -2.13. The molecule has 0 spiro atoms. The van der Waals surface area contributed by atoms with Gasteiger partial charge in [0, 0.05) is 0 Å². The highest BCUT2D eigenvalue weighted by Gasteiger charge is 2.33. The molecule has 4 rings (SSSR count). The molecule has 0 radical (unpaired) electrons. The third-order valence-corrected chi connectivity index (χ3v) is 4.93. The first kappa shape index (κ1) is 23.3. The van der Waals surface area contributed by atoms with Crippen molar-refractivity contribution < 1.29 is 36.6 Å². The average molecular weight is 496 g/mol. The van der Waals surface area contributed by atoms with Crippen LogP contribution < -0.4 is 9.47 Å². The van der Waals surface area contributed by atoms with E-state index in [0.717, 1.165) is 0 Å². The fourth-order valence-corrected chi connectivity index (χ4v) is 3.31. The van der Waals surface area contributed by atoms with E-state index in [2.05, 4.69) is 15.0 Å². The molecule has 0 unspecified atom stereocenters. The first-order valence-electron chi connectivity index (χ1n) is 9.56. The first-order valence-corrected chi connectivity index (χ1v) is 9.94. The molecule has 12 heteroatoms. The minimum Gasteiger partial charge on any atom is -0.480 e. The molecule has 4 aromatic rings. The molecule has 0 atom stereocenters. The number of hydrogen-bond donors (Lipinski definition) is 0. The van der Waals surface area contributed by atoms with E-state index in [1.54, 1.807) is 36.4 Å². The maximum absolute atomic E-state index is 14.4. The van der Waals surface area contributed by atoms with Crippen molar-refractivity contribution in [1.29, 1.82) is 0 Å². The lowest BCUT2D eigenvalue weighted by molar-refractivity contribution is -0.143. The van der Waals surface area contributed by atoms with Gasteiger partial charge in [-0.2, -0.15) is 13.2 Å². The van der Waals surface area contributed by atoms with Crippen molar-refractivity contribution in [2.45, 2.75) is 6.18 Å². The molecule has 0 N–H and O–H groups in total. The molecule has 0 amide bonds. The molecular formula is C22H14ClF4N3O4. The molecule has 7 nitrogen and oxygen atoms in total. The second-order valence-electron chi connectivity index (χ2n) is 6.83. The van der Waals surface area contributed by atoms with E-state index in [4.69, 9.17) is 21.1 Å². The van der Waals surface area contributed by atoms with Crippen LogP contribution in [0.2, 0.25) is 5.02 Å². The monoisotopic (exact) mass is 495 g/mol. The van der Waals surface area contributed by atoms with Crippen molar-refractivity contribution in [2.24, 2.45) is 0 Å². The molecule has 0 aliphatic heterocycles. The lowest BCUT2D eigenvalue weighted by atomic mass is 10.2.